The Bertz CT molecular complexity index is 931. The van der Waals surface area contributed by atoms with E-state index in [9.17, 15) is 9.59 Å². The molecule has 2 aliphatic rings. The zero-order chi connectivity index (χ0) is 20.4. The largest absolute Gasteiger partial charge is 0.481 e. The minimum Gasteiger partial charge on any atom is -0.481 e. The smallest absolute Gasteiger partial charge is 0.350 e. The van der Waals surface area contributed by atoms with E-state index in [2.05, 4.69) is 29.2 Å². The van der Waals surface area contributed by atoms with Gasteiger partial charge < -0.3 is 10.0 Å². The third-order valence-electron chi connectivity index (χ3n) is 6.63. The van der Waals surface area contributed by atoms with Gasteiger partial charge >= 0.3 is 11.7 Å². The summed E-state index contributed by atoms with van der Waals surface area (Å²) in [5.41, 5.74) is 3.44. The van der Waals surface area contributed by atoms with E-state index in [0.29, 0.717) is 5.92 Å². The summed E-state index contributed by atoms with van der Waals surface area (Å²) in [7, 11) is 2.15. The highest BCUT2D eigenvalue weighted by molar-refractivity contribution is 5.85. The maximum atomic E-state index is 13.0. The van der Waals surface area contributed by atoms with Gasteiger partial charge in [0.15, 0.2) is 0 Å². The number of likely N-dealkylation sites (N-methyl/N-ethyl adjacent to an activating group) is 1. The van der Waals surface area contributed by atoms with E-state index in [1.165, 1.54) is 15.8 Å². The summed E-state index contributed by atoms with van der Waals surface area (Å²) in [5.74, 6) is -0.271. The number of hydrogen-bond donors (Lipinski definition) is 1. The van der Waals surface area contributed by atoms with Crippen molar-refractivity contribution in [3.63, 3.8) is 0 Å². The number of aliphatic carboxylic acids is 1. The van der Waals surface area contributed by atoms with Crippen molar-refractivity contribution in [2.45, 2.75) is 57.4 Å². The number of carboxylic acid groups (broad SMARTS) is 1. The molecule has 0 atom stereocenters. The maximum absolute atomic E-state index is 13.0. The van der Waals surface area contributed by atoms with Crippen molar-refractivity contribution in [1.82, 2.24) is 19.2 Å². The van der Waals surface area contributed by atoms with Crippen molar-refractivity contribution in [3.8, 4) is 5.69 Å². The Hall–Kier alpha value is -2.12. The summed E-state index contributed by atoms with van der Waals surface area (Å²) in [6.45, 7) is 2.10. The summed E-state index contributed by atoms with van der Waals surface area (Å²) in [4.78, 5) is 26.1. The second-order valence-corrected chi connectivity index (χ2v) is 8.60. The van der Waals surface area contributed by atoms with Crippen LogP contribution in [0.15, 0.2) is 29.3 Å². The average Bonchev–Trinajstić information content (AvgIpc) is 3.00. The third-order valence-corrected chi connectivity index (χ3v) is 6.63. The molecule has 2 heterocycles. The quantitative estimate of drug-likeness (QED) is 0.782. The van der Waals surface area contributed by atoms with E-state index in [0.717, 1.165) is 63.7 Å². The molecule has 0 amide bonds. The fourth-order valence-corrected chi connectivity index (χ4v) is 4.74. The third kappa shape index (κ3) is 4.95. The lowest BCUT2D eigenvalue weighted by Gasteiger charge is -2.28. The fraction of sp³-hybridized carbons (Fsp3) is 0.591. The Morgan fingerprint density at radius 2 is 1.83 bits per heavy atom. The molecule has 1 N–H and O–H groups in total. The molecule has 164 valence electrons. The van der Waals surface area contributed by atoms with Gasteiger partial charge in [0.2, 0.25) is 0 Å². The van der Waals surface area contributed by atoms with Crippen LogP contribution < -0.4 is 5.69 Å². The Labute approximate surface area is 183 Å². The van der Waals surface area contributed by atoms with Crippen LogP contribution in [0.2, 0.25) is 0 Å². The lowest BCUT2D eigenvalue weighted by molar-refractivity contribution is -0.137. The van der Waals surface area contributed by atoms with Crippen LogP contribution in [0.4, 0.5) is 0 Å². The molecule has 4 rings (SSSR count). The van der Waals surface area contributed by atoms with Crippen molar-refractivity contribution in [3.05, 3.63) is 46.1 Å². The molecular weight excluding hydrogens is 404 g/mol. The molecule has 30 heavy (non-hydrogen) atoms. The lowest BCUT2D eigenvalue weighted by atomic mass is 9.83. The molecule has 0 radical (unpaired) electrons. The monoisotopic (exact) mass is 434 g/mol. The first-order chi connectivity index (χ1) is 14.0. The van der Waals surface area contributed by atoms with Crippen LogP contribution in [-0.4, -0.2) is 50.5 Å². The first-order valence-corrected chi connectivity index (χ1v) is 10.7. The number of halogens is 1. The Morgan fingerprint density at radius 3 is 2.53 bits per heavy atom. The minimum absolute atomic E-state index is 0. The molecule has 0 unspecified atom stereocenters. The maximum Gasteiger partial charge on any atom is 0.350 e. The van der Waals surface area contributed by atoms with Gasteiger partial charge in [-0.15, -0.1) is 12.4 Å². The van der Waals surface area contributed by atoms with Crippen LogP contribution in [-0.2, 0) is 17.6 Å². The SMILES string of the molecule is CN1CCc2ccc(-n3ncn(C4CCC(CCC(=O)O)CC4)c3=O)cc2CC1.Cl. The van der Waals surface area contributed by atoms with Crippen molar-refractivity contribution in [2.24, 2.45) is 5.92 Å². The van der Waals surface area contributed by atoms with Gasteiger partial charge in [-0.1, -0.05) is 6.07 Å². The number of carboxylic acids is 1. The topological polar surface area (TPSA) is 80.4 Å². The number of fused-ring (bicyclic) bond motifs is 1. The summed E-state index contributed by atoms with van der Waals surface area (Å²) < 4.78 is 3.29. The van der Waals surface area contributed by atoms with E-state index in [1.54, 1.807) is 10.9 Å². The molecule has 1 saturated carbocycles. The molecule has 1 fully saturated rings. The van der Waals surface area contributed by atoms with Crippen molar-refractivity contribution < 1.29 is 9.90 Å². The molecule has 0 spiro atoms. The van der Waals surface area contributed by atoms with Crippen molar-refractivity contribution in [1.29, 1.82) is 0 Å². The van der Waals surface area contributed by atoms with Gasteiger partial charge in [-0.2, -0.15) is 9.78 Å². The minimum atomic E-state index is -0.725. The summed E-state index contributed by atoms with van der Waals surface area (Å²) >= 11 is 0. The molecule has 0 saturated heterocycles. The molecular formula is C22H31ClN4O3. The summed E-state index contributed by atoms with van der Waals surface area (Å²) in [5, 5.41) is 13.3. The summed E-state index contributed by atoms with van der Waals surface area (Å²) in [6, 6.07) is 6.43. The molecule has 8 heteroatoms. The Kier molecular flexibility index (Phi) is 7.36. The zero-order valence-corrected chi connectivity index (χ0v) is 18.3. The molecule has 1 aliphatic carbocycles. The number of carbonyl (C=O) groups is 1. The van der Waals surface area contributed by atoms with Crippen LogP contribution in [0.25, 0.3) is 5.69 Å². The number of nitrogens with zero attached hydrogens (tertiary/aromatic N) is 4. The number of aromatic nitrogens is 3. The van der Waals surface area contributed by atoms with E-state index >= 15 is 0 Å². The number of benzene rings is 1. The van der Waals surface area contributed by atoms with E-state index in [4.69, 9.17) is 5.11 Å². The van der Waals surface area contributed by atoms with Crippen molar-refractivity contribution in [2.75, 3.05) is 20.1 Å². The van der Waals surface area contributed by atoms with Gasteiger partial charge in [0.1, 0.15) is 6.33 Å². The first-order valence-electron chi connectivity index (χ1n) is 10.7. The molecule has 0 bridgehead atoms. The zero-order valence-electron chi connectivity index (χ0n) is 17.5. The van der Waals surface area contributed by atoms with Crippen LogP contribution in [0.5, 0.6) is 0 Å². The van der Waals surface area contributed by atoms with Crippen molar-refractivity contribution >= 4 is 18.4 Å². The van der Waals surface area contributed by atoms with Gasteiger partial charge in [-0.3, -0.25) is 9.36 Å². The Balaban J connectivity index is 0.00000256. The lowest BCUT2D eigenvalue weighted by Crippen LogP contribution is -2.29. The predicted octanol–water partition coefficient (Wildman–Crippen LogP) is 3.08. The molecule has 2 aromatic rings. The average molecular weight is 435 g/mol. The standard InChI is InChI=1S/C22H30N4O3.ClH/c1-24-12-10-17-5-8-20(14-18(17)11-13-24)26-22(29)25(15-23-26)19-6-2-16(3-7-19)4-9-21(27)28;/h5,8,14-16,19H,2-4,6-7,9-13H2,1H3,(H,27,28);1H. The van der Waals surface area contributed by atoms with Crippen LogP contribution in [0.3, 0.4) is 0 Å². The summed E-state index contributed by atoms with van der Waals surface area (Å²) in [6.07, 6.45) is 8.45. The Morgan fingerprint density at radius 1 is 1.13 bits per heavy atom. The highest BCUT2D eigenvalue weighted by Crippen LogP contribution is 2.33. The van der Waals surface area contributed by atoms with Gasteiger partial charge in [0.25, 0.3) is 0 Å². The second kappa shape index (κ2) is 9.79. The normalized spacial score (nSPS) is 22.0. The van der Waals surface area contributed by atoms with Gasteiger partial charge in [-0.25, -0.2) is 4.79 Å². The number of hydrogen-bond acceptors (Lipinski definition) is 4. The van der Waals surface area contributed by atoms with Crippen LogP contribution >= 0.6 is 12.4 Å². The predicted molar refractivity (Wildman–Crippen MR) is 118 cm³/mol. The first kappa shape index (κ1) is 22.6. The van der Waals surface area contributed by atoms with E-state index in [-0.39, 0.29) is 30.6 Å². The van der Waals surface area contributed by atoms with Crippen LogP contribution in [0.1, 0.15) is 55.7 Å². The molecule has 1 aliphatic heterocycles. The van der Waals surface area contributed by atoms with E-state index < -0.39 is 5.97 Å². The molecule has 1 aromatic carbocycles. The molecule has 1 aromatic heterocycles. The highest BCUT2D eigenvalue weighted by Gasteiger charge is 2.25. The fourth-order valence-electron chi connectivity index (χ4n) is 4.74. The molecule has 7 nitrogen and oxygen atoms in total. The van der Waals surface area contributed by atoms with Crippen LogP contribution in [0, 0.1) is 5.92 Å². The number of rotatable bonds is 5. The highest BCUT2D eigenvalue weighted by atomic mass is 35.5. The van der Waals surface area contributed by atoms with E-state index in [1.807, 2.05) is 6.07 Å². The van der Waals surface area contributed by atoms with Gasteiger partial charge in [-0.05, 0) is 81.2 Å². The van der Waals surface area contributed by atoms with Gasteiger partial charge in [0, 0.05) is 25.6 Å². The van der Waals surface area contributed by atoms with Gasteiger partial charge in [0.05, 0.1) is 5.69 Å². The second-order valence-electron chi connectivity index (χ2n) is 8.60.